The van der Waals surface area contributed by atoms with Gasteiger partial charge in [-0.2, -0.15) is 0 Å². The summed E-state index contributed by atoms with van der Waals surface area (Å²) in [6.45, 7) is 3.74. The van der Waals surface area contributed by atoms with E-state index in [-0.39, 0.29) is 12.5 Å². The molecule has 0 aliphatic carbocycles. The fraction of sp³-hybridized carbons (Fsp3) is 0.820. The van der Waals surface area contributed by atoms with Crippen molar-refractivity contribution in [2.75, 3.05) is 13.2 Å². The first-order chi connectivity index (χ1) is 34.3. The van der Waals surface area contributed by atoms with Gasteiger partial charge in [0.15, 0.2) is 6.29 Å². The highest BCUT2D eigenvalue weighted by Crippen LogP contribution is 2.23. The maximum atomic E-state index is 13.0. The summed E-state index contributed by atoms with van der Waals surface area (Å²) in [6.07, 6.45) is 61.6. The maximum Gasteiger partial charge on any atom is 0.220 e. The molecule has 1 heterocycles. The first-order valence-corrected chi connectivity index (χ1v) is 29.5. The van der Waals surface area contributed by atoms with E-state index in [0.29, 0.717) is 6.42 Å². The first kappa shape index (κ1) is 65.9. The molecule has 0 aromatic carbocycles. The lowest BCUT2D eigenvalue weighted by molar-refractivity contribution is -0.302. The zero-order valence-electron chi connectivity index (χ0n) is 45.3. The van der Waals surface area contributed by atoms with Crippen LogP contribution >= 0.6 is 0 Å². The van der Waals surface area contributed by atoms with E-state index in [4.69, 9.17) is 9.47 Å². The molecule has 70 heavy (non-hydrogen) atoms. The molecular weight excluding hydrogens is 875 g/mol. The van der Waals surface area contributed by atoms with Crippen molar-refractivity contribution in [2.24, 2.45) is 0 Å². The standard InChI is InChI=1S/C61H111NO8/c1-3-5-7-9-11-13-15-17-19-21-22-23-24-25-26-27-28-29-30-31-32-33-34-35-36-38-40-42-44-46-48-50-55(64)54(53-69-61-60(68)59(67)58(66)56(52-63)70-61)62-57(65)51-49-47-45-43-41-39-37-20-18-16-14-12-10-8-6-4-2/h14,16,20,34-35,37,40,42,48,50,54-56,58-61,63-64,66-68H,3-13,15,17-19,21-33,36,38-39,41,43-47,49,51-53H2,1-2H3,(H,62,65)/b16-14-,35-34+,37-20-,42-40+,50-48+. The quantitative estimate of drug-likeness (QED) is 0.0261. The second kappa shape index (κ2) is 50.4. The molecule has 0 bridgehead atoms. The number of unbranched alkanes of at least 4 members (excludes halogenated alkanes) is 32. The number of nitrogens with one attached hydrogen (secondary N) is 1. The van der Waals surface area contributed by atoms with Gasteiger partial charge in [-0.25, -0.2) is 0 Å². The van der Waals surface area contributed by atoms with E-state index in [0.717, 1.165) is 70.6 Å². The van der Waals surface area contributed by atoms with E-state index >= 15 is 0 Å². The number of hydrogen-bond donors (Lipinski definition) is 6. The van der Waals surface area contributed by atoms with Crippen LogP contribution in [-0.4, -0.2) is 87.5 Å². The highest BCUT2D eigenvalue weighted by molar-refractivity contribution is 5.76. The van der Waals surface area contributed by atoms with Gasteiger partial charge in [0.2, 0.25) is 5.91 Å². The Morgan fingerprint density at radius 3 is 1.30 bits per heavy atom. The minimum absolute atomic E-state index is 0.205. The molecule has 408 valence electrons. The van der Waals surface area contributed by atoms with E-state index in [1.165, 1.54) is 173 Å². The number of allylic oxidation sites excluding steroid dienone is 9. The highest BCUT2D eigenvalue weighted by atomic mass is 16.7. The molecule has 1 aliphatic rings. The van der Waals surface area contributed by atoms with Crippen molar-refractivity contribution < 1.29 is 39.8 Å². The van der Waals surface area contributed by atoms with Crippen molar-refractivity contribution >= 4 is 5.91 Å². The van der Waals surface area contributed by atoms with Crippen LogP contribution in [0, 0.1) is 0 Å². The monoisotopic (exact) mass is 986 g/mol. The zero-order chi connectivity index (χ0) is 50.8. The van der Waals surface area contributed by atoms with Crippen LogP contribution in [0.1, 0.15) is 264 Å². The van der Waals surface area contributed by atoms with E-state index in [9.17, 15) is 30.3 Å². The van der Waals surface area contributed by atoms with Crippen LogP contribution in [0.3, 0.4) is 0 Å². The predicted molar refractivity (Wildman–Crippen MR) is 295 cm³/mol. The molecule has 7 unspecified atom stereocenters. The number of carbonyl (C=O) groups excluding carboxylic acids is 1. The summed E-state index contributed by atoms with van der Waals surface area (Å²) in [5, 5.41) is 54.4. The van der Waals surface area contributed by atoms with Gasteiger partial charge in [-0.15, -0.1) is 0 Å². The van der Waals surface area contributed by atoms with Gasteiger partial charge in [-0.3, -0.25) is 4.79 Å². The Morgan fingerprint density at radius 2 is 0.857 bits per heavy atom. The SMILES string of the molecule is CCCCCC/C=C\C/C=C\CCCCCCCC(=O)NC(COC1OC(CO)C(O)C(O)C1O)C(O)/C=C/CC/C=C/CC/C=C/CCCCCCCCCCCCCCCCCCCCCCC. The van der Waals surface area contributed by atoms with Crippen LogP contribution in [0.2, 0.25) is 0 Å². The van der Waals surface area contributed by atoms with Crippen LogP contribution in [0.5, 0.6) is 0 Å². The lowest BCUT2D eigenvalue weighted by Crippen LogP contribution is -2.60. The highest BCUT2D eigenvalue weighted by Gasteiger charge is 2.44. The molecule has 0 saturated carbocycles. The van der Waals surface area contributed by atoms with Crippen LogP contribution in [0.25, 0.3) is 0 Å². The molecule has 9 heteroatoms. The maximum absolute atomic E-state index is 13.0. The second-order valence-corrected chi connectivity index (χ2v) is 20.4. The van der Waals surface area contributed by atoms with Gasteiger partial charge < -0.3 is 40.3 Å². The summed E-state index contributed by atoms with van der Waals surface area (Å²) in [4.78, 5) is 13.0. The topological polar surface area (TPSA) is 149 Å². The molecule has 0 spiro atoms. The average molecular weight is 987 g/mol. The Bertz CT molecular complexity index is 1280. The van der Waals surface area contributed by atoms with Gasteiger partial charge in [-0.05, 0) is 77.0 Å². The fourth-order valence-electron chi connectivity index (χ4n) is 9.10. The molecule has 9 nitrogen and oxygen atoms in total. The average Bonchev–Trinajstić information content (AvgIpc) is 3.36. The molecule has 1 fully saturated rings. The van der Waals surface area contributed by atoms with Crippen molar-refractivity contribution in [3.8, 4) is 0 Å². The Kier molecular flexibility index (Phi) is 47.5. The third kappa shape index (κ3) is 39.4. The molecule has 1 rings (SSSR count). The van der Waals surface area contributed by atoms with Crippen LogP contribution in [-0.2, 0) is 14.3 Å². The number of aliphatic hydroxyl groups is 5. The summed E-state index contributed by atoms with van der Waals surface area (Å²) >= 11 is 0. The largest absolute Gasteiger partial charge is 0.394 e. The Labute approximate surface area is 430 Å². The number of rotatable bonds is 50. The lowest BCUT2D eigenvalue weighted by atomic mass is 9.99. The van der Waals surface area contributed by atoms with Gasteiger partial charge in [0.05, 0.1) is 25.4 Å². The molecule has 0 aromatic heterocycles. The predicted octanol–water partition coefficient (Wildman–Crippen LogP) is 14.7. The van der Waals surface area contributed by atoms with Gasteiger partial charge >= 0.3 is 0 Å². The van der Waals surface area contributed by atoms with Gasteiger partial charge in [-0.1, -0.05) is 242 Å². The summed E-state index contributed by atoms with van der Waals surface area (Å²) in [5.41, 5.74) is 0. The molecule has 1 saturated heterocycles. The molecule has 1 amide bonds. The number of ether oxygens (including phenoxy) is 2. The summed E-state index contributed by atoms with van der Waals surface area (Å²) in [5.74, 6) is -0.205. The van der Waals surface area contributed by atoms with Crippen molar-refractivity contribution in [3.05, 3.63) is 60.8 Å². The van der Waals surface area contributed by atoms with E-state index in [2.05, 4.69) is 67.8 Å². The van der Waals surface area contributed by atoms with Crippen LogP contribution in [0.4, 0.5) is 0 Å². The Hall–Kier alpha value is -2.11. The van der Waals surface area contributed by atoms with E-state index < -0.39 is 49.5 Å². The van der Waals surface area contributed by atoms with E-state index in [1.807, 2.05) is 6.08 Å². The molecule has 1 aliphatic heterocycles. The fourth-order valence-corrected chi connectivity index (χ4v) is 9.10. The van der Waals surface area contributed by atoms with Crippen LogP contribution in [0.15, 0.2) is 60.8 Å². The van der Waals surface area contributed by atoms with E-state index in [1.54, 1.807) is 6.08 Å². The van der Waals surface area contributed by atoms with Gasteiger partial charge in [0, 0.05) is 6.42 Å². The summed E-state index contributed by atoms with van der Waals surface area (Å²) in [6, 6.07) is -0.838. The molecule has 0 aromatic rings. The summed E-state index contributed by atoms with van der Waals surface area (Å²) < 4.78 is 11.2. The lowest BCUT2D eigenvalue weighted by Gasteiger charge is -2.40. The Morgan fingerprint density at radius 1 is 0.486 bits per heavy atom. The number of hydrogen-bond acceptors (Lipinski definition) is 8. The third-order valence-electron chi connectivity index (χ3n) is 13.8. The van der Waals surface area contributed by atoms with Crippen molar-refractivity contribution in [1.29, 1.82) is 0 Å². The van der Waals surface area contributed by atoms with Crippen molar-refractivity contribution in [2.45, 2.75) is 307 Å². The van der Waals surface area contributed by atoms with Crippen LogP contribution < -0.4 is 5.32 Å². The Balaban J connectivity index is 2.23. The zero-order valence-corrected chi connectivity index (χ0v) is 45.3. The first-order valence-electron chi connectivity index (χ1n) is 29.5. The minimum Gasteiger partial charge on any atom is -0.394 e. The third-order valence-corrected chi connectivity index (χ3v) is 13.8. The number of aliphatic hydroxyl groups excluding tert-OH is 5. The molecular formula is C61H111NO8. The molecule has 6 N–H and O–H groups in total. The number of amides is 1. The molecule has 0 radical (unpaired) electrons. The normalized spacial score (nSPS) is 19.8. The van der Waals surface area contributed by atoms with Gasteiger partial charge in [0.1, 0.15) is 24.4 Å². The molecule has 7 atom stereocenters. The minimum atomic E-state index is -1.58. The summed E-state index contributed by atoms with van der Waals surface area (Å²) in [7, 11) is 0. The second-order valence-electron chi connectivity index (χ2n) is 20.4. The number of carbonyl (C=O) groups is 1. The van der Waals surface area contributed by atoms with Crippen molar-refractivity contribution in [3.63, 3.8) is 0 Å². The van der Waals surface area contributed by atoms with Crippen molar-refractivity contribution in [1.82, 2.24) is 5.32 Å². The van der Waals surface area contributed by atoms with Gasteiger partial charge in [0.25, 0.3) is 0 Å². The smallest absolute Gasteiger partial charge is 0.220 e.